The number of amides is 2. The van der Waals surface area contributed by atoms with Gasteiger partial charge in [0, 0.05) is 10.6 Å². The fourth-order valence-electron chi connectivity index (χ4n) is 4.17. The number of hydrogen-bond donors (Lipinski definition) is 1. The number of benzene rings is 2. The number of halogens is 1. The van der Waals surface area contributed by atoms with Crippen LogP contribution in [0.5, 0.6) is 0 Å². The molecular weight excluding hydrogens is 570 g/mol. The third-order valence-electron chi connectivity index (χ3n) is 6.30. The third-order valence-corrected chi connectivity index (χ3v) is 8.32. The topological polar surface area (TPSA) is 155 Å². The Balaban J connectivity index is 1.86. The molecule has 11 nitrogen and oxygen atoms in total. The van der Waals surface area contributed by atoms with Crippen molar-refractivity contribution in [3.8, 4) is 17.5 Å². The molecule has 2 aromatic carbocycles. The Morgan fingerprint density at radius 2 is 1.85 bits per heavy atom. The van der Waals surface area contributed by atoms with Gasteiger partial charge in [0.2, 0.25) is 11.8 Å². The summed E-state index contributed by atoms with van der Waals surface area (Å²) in [5, 5.41) is 20.5. The lowest BCUT2D eigenvalue weighted by atomic mass is 9.96. The van der Waals surface area contributed by atoms with E-state index in [1.165, 1.54) is 17.0 Å². The second-order valence-electron chi connectivity index (χ2n) is 11.3. The predicted molar refractivity (Wildman–Crippen MR) is 151 cm³/mol. The van der Waals surface area contributed by atoms with Crippen molar-refractivity contribution in [1.82, 2.24) is 15.5 Å². The van der Waals surface area contributed by atoms with Gasteiger partial charge in [0.15, 0.2) is 9.84 Å². The quantitative estimate of drug-likeness (QED) is 0.438. The van der Waals surface area contributed by atoms with E-state index < -0.39 is 44.6 Å². The van der Waals surface area contributed by atoms with Crippen LogP contribution in [-0.2, 0) is 31.3 Å². The molecule has 0 aliphatic carbocycles. The van der Waals surface area contributed by atoms with E-state index in [0.29, 0.717) is 21.7 Å². The number of nitrogens with one attached hydrogen (secondary N) is 1. The first kappa shape index (κ1) is 30.0. The van der Waals surface area contributed by atoms with Crippen LogP contribution in [0.25, 0.3) is 11.5 Å². The molecule has 0 spiro atoms. The van der Waals surface area contributed by atoms with Crippen molar-refractivity contribution in [2.24, 2.45) is 0 Å². The highest BCUT2D eigenvalue weighted by molar-refractivity contribution is 7.91. The molecule has 2 heterocycles. The smallest absolute Gasteiger partial charge is 0.408 e. The zero-order valence-electron chi connectivity index (χ0n) is 23.5. The van der Waals surface area contributed by atoms with Crippen LogP contribution in [-0.4, -0.2) is 48.0 Å². The van der Waals surface area contributed by atoms with Crippen LogP contribution in [0, 0.1) is 18.3 Å². The molecule has 0 saturated heterocycles. The van der Waals surface area contributed by atoms with Crippen LogP contribution >= 0.6 is 11.6 Å². The number of carbonyl (C=O) groups excluding carboxylic acids is 2. The van der Waals surface area contributed by atoms with Gasteiger partial charge in [-0.3, -0.25) is 4.79 Å². The molecule has 3 aromatic rings. The molecule has 13 heteroatoms. The van der Waals surface area contributed by atoms with Crippen molar-refractivity contribution in [3.63, 3.8) is 0 Å². The minimum atomic E-state index is -4.09. The van der Waals surface area contributed by atoms with Gasteiger partial charge < -0.3 is 19.4 Å². The van der Waals surface area contributed by atoms with E-state index >= 15 is 0 Å². The highest BCUT2D eigenvalue weighted by Gasteiger charge is 2.40. The van der Waals surface area contributed by atoms with Crippen molar-refractivity contribution in [1.29, 1.82) is 5.26 Å². The number of anilines is 1. The van der Waals surface area contributed by atoms with Gasteiger partial charge in [-0.25, -0.2) is 13.2 Å². The lowest BCUT2D eigenvalue weighted by Gasteiger charge is -2.27. The number of ether oxygens (including phenoxy) is 1. The van der Waals surface area contributed by atoms with E-state index in [1.807, 2.05) is 0 Å². The molecule has 0 fully saturated rings. The first-order chi connectivity index (χ1) is 19.0. The maximum Gasteiger partial charge on any atom is 0.408 e. The minimum Gasteiger partial charge on any atom is -0.444 e. The molecule has 4 rings (SSSR count). The lowest BCUT2D eigenvalue weighted by molar-refractivity contribution is -0.120. The molecule has 0 radical (unpaired) electrons. The second kappa shape index (κ2) is 10.8. The SMILES string of the molecule is Cc1cc2c(cc1-c1nnc(C(C)(C)C#N)o1)N(Cc1ccc(Cl)cc1)C(=O)[C@@H](NC(=O)OC(C)(C)C)CS2(=O)=O. The molecule has 0 unspecified atom stereocenters. The molecule has 2 amide bonds. The summed E-state index contributed by atoms with van der Waals surface area (Å²) in [6.07, 6.45) is -0.918. The Hall–Kier alpha value is -3.95. The highest BCUT2D eigenvalue weighted by atomic mass is 35.5. The van der Waals surface area contributed by atoms with Gasteiger partial charge in [0.25, 0.3) is 5.91 Å². The van der Waals surface area contributed by atoms with Crippen LogP contribution < -0.4 is 10.2 Å². The number of alkyl carbamates (subject to hydrolysis) is 1. The first-order valence-electron chi connectivity index (χ1n) is 12.7. The fraction of sp³-hybridized carbons (Fsp3) is 0.393. The van der Waals surface area contributed by atoms with E-state index in [1.54, 1.807) is 65.8 Å². The standard InChI is InChI=1S/C28H30ClN5O6S/c1-16-11-22-21(12-19(16)23-32-33-25(39-23)28(5,6)15-30)34(13-17-7-9-18(29)10-8-17)24(35)20(14-41(22,37)38)31-26(36)40-27(2,3)4/h7-12,20H,13-14H2,1-6H3,(H,31,36)/t20-/m0/s1. The van der Waals surface area contributed by atoms with Crippen LogP contribution in [0.3, 0.4) is 0 Å². The monoisotopic (exact) mass is 599 g/mol. The highest BCUT2D eigenvalue weighted by Crippen LogP contribution is 2.38. The van der Waals surface area contributed by atoms with Gasteiger partial charge >= 0.3 is 6.09 Å². The number of aryl methyl sites for hydroxylation is 1. The van der Waals surface area contributed by atoms with E-state index in [4.69, 9.17) is 20.8 Å². The number of sulfone groups is 1. The van der Waals surface area contributed by atoms with Crippen LogP contribution in [0.4, 0.5) is 10.5 Å². The summed E-state index contributed by atoms with van der Waals surface area (Å²) < 4.78 is 38.4. The van der Waals surface area contributed by atoms with Crippen molar-refractivity contribution in [2.45, 2.75) is 70.0 Å². The number of rotatable bonds is 5. The Bertz CT molecular complexity index is 1650. The fourth-order valence-corrected chi connectivity index (χ4v) is 5.98. The average molecular weight is 600 g/mol. The largest absolute Gasteiger partial charge is 0.444 e. The summed E-state index contributed by atoms with van der Waals surface area (Å²) in [6.45, 7) is 9.89. The number of carbonyl (C=O) groups is 2. The molecule has 1 atom stereocenters. The zero-order chi connectivity index (χ0) is 30.3. The third kappa shape index (κ3) is 6.52. The van der Waals surface area contributed by atoms with E-state index in [2.05, 4.69) is 21.6 Å². The van der Waals surface area contributed by atoms with Crippen LogP contribution in [0.2, 0.25) is 5.02 Å². The zero-order valence-corrected chi connectivity index (χ0v) is 25.1. The Morgan fingerprint density at radius 1 is 1.20 bits per heavy atom. The molecule has 1 N–H and O–H groups in total. The minimum absolute atomic E-state index is 0.0237. The second-order valence-corrected chi connectivity index (χ2v) is 13.8. The van der Waals surface area contributed by atoms with Gasteiger partial charge in [-0.15, -0.1) is 10.2 Å². The number of fused-ring (bicyclic) bond motifs is 1. The van der Waals surface area contributed by atoms with Crippen LogP contribution in [0.1, 0.15) is 51.6 Å². The maximum atomic E-state index is 14.0. The van der Waals surface area contributed by atoms with Crippen LogP contribution in [0.15, 0.2) is 45.7 Å². The lowest BCUT2D eigenvalue weighted by Crippen LogP contribution is -2.51. The van der Waals surface area contributed by atoms with E-state index in [0.717, 1.165) is 0 Å². The van der Waals surface area contributed by atoms with Crippen molar-refractivity contribution in [3.05, 3.63) is 58.4 Å². The molecule has 1 aromatic heterocycles. The number of nitrogens with zero attached hydrogens (tertiary/aromatic N) is 4. The number of aromatic nitrogens is 2. The van der Waals surface area contributed by atoms with E-state index in [-0.39, 0.29) is 28.9 Å². The molecule has 1 aliphatic rings. The summed E-state index contributed by atoms with van der Waals surface area (Å²) in [6, 6.07) is 10.4. The van der Waals surface area contributed by atoms with Gasteiger partial charge in [-0.05, 0) is 76.9 Å². The maximum absolute atomic E-state index is 14.0. The van der Waals surface area contributed by atoms with Crippen molar-refractivity contribution in [2.75, 3.05) is 10.7 Å². The summed E-state index contributed by atoms with van der Waals surface area (Å²) in [5.74, 6) is -1.17. The van der Waals surface area contributed by atoms with Gasteiger partial charge in [0.05, 0.1) is 28.9 Å². The summed E-state index contributed by atoms with van der Waals surface area (Å²) >= 11 is 6.05. The summed E-state index contributed by atoms with van der Waals surface area (Å²) in [4.78, 5) is 27.8. The predicted octanol–water partition coefficient (Wildman–Crippen LogP) is 4.71. The molecular formula is C28H30ClN5O6S. The summed E-state index contributed by atoms with van der Waals surface area (Å²) in [5.41, 5.74) is -0.280. The Kier molecular flexibility index (Phi) is 7.90. The molecule has 1 aliphatic heterocycles. The van der Waals surface area contributed by atoms with Gasteiger partial charge in [-0.1, -0.05) is 23.7 Å². The normalized spacial score (nSPS) is 16.9. The van der Waals surface area contributed by atoms with Gasteiger partial charge in [0.1, 0.15) is 17.1 Å². The molecule has 0 saturated carbocycles. The first-order valence-corrected chi connectivity index (χ1v) is 14.7. The van der Waals surface area contributed by atoms with Crippen molar-refractivity contribution >= 4 is 39.1 Å². The average Bonchev–Trinajstić information content (AvgIpc) is 3.35. The number of hydrogen-bond acceptors (Lipinski definition) is 9. The Morgan fingerprint density at radius 3 is 2.46 bits per heavy atom. The van der Waals surface area contributed by atoms with E-state index in [9.17, 15) is 23.3 Å². The summed E-state index contributed by atoms with van der Waals surface area (Å²) in [7, 11) is -4.09. The van der Waals surface area contributed by atoms with Gasteiger partial charge in [-0.2, -0.15) is 5.26 Å². The van der Waals surface area contributed by atoms with Crippen molar-refractivity contribution < 1.29 is 27.2 Å². The molecule has 0 bridgehead atoms. The number of nitriles is 1. The molecule has 216 valence electrons. The molecule has 41 heavy (non-hydrogen) atoms. The Labute approximate surface area is 243 Å².